The van der Waals surface area contributed by atoms with E-state index in [1.807, 2.05) is 12.1 Å². The van der Waals surface area contributed by atoms with Crippen molar-refractivity contribution in [1.29, 1.82) is 0 Å². The summed E-state index contributed by atoms with van der Waals surface area (Å²) in [7, 11) is 0. The van der Waals surface area contributed by atoms with Gasteiger partial charge in [-0.3, -0.25) is 4.98 Å². The highest BCUT2D eigenvalue weighted by atomic mass is 35.5. The van der Waals surface area contributed by atoms with Crippen molar-refractivity contribution in [2.45, 2.75) is 19.6 Å². The molecule has 2 aromatic heterocycles. The largest absolute Gasteiger partial charge is 0.472 e. The van der Waals surface area contributed by atoms with E-state index in [0.29, 0.717) is 29.7 Å². The summed E-state index contributed by atoms with van der Waals surface area (Å²) in [5.74, 6) is 0.199. The summed E-state index contributed by atoms with van der Waals surface area (Å²) in [5.41, 5.74) is 4.01. The quantitative estimate of drug-likeness (QED) is 0.482. The molecule has 0 fully saturated rings. The molecule has 0 N–H and O–H groups in total. The Morgan fingerprint density at radius 3 is 2.79 bits per heavy atom. The first-order valence-corrected chi connectivity index (χ1v) is 9.68. The Balaban J connectivity index is 1.64. The van der Waals surface area contributed by atoms with Crippen molar-refractivity contribution >= 4 is 22.5 Å². The summed E-state index contributed by atoms with van der Waals surface area (Å²) in [6, 6.07) is 13.9. The molecule has 0 spiro atoms. The Morgan fingerprint density at radius 1 is 1.14 bits per heavy atom. The number of hydrogen-bond acceptors (Lipinski definition) is 4. The first-order chi connectivity index (χ1) is 14.2. The maximum Gasteiger partial charge on any atom is 0.226 e. The van der Waals surface area contributed by atoms with E-state index in [-0.39, 0.29) is 12.4 Å². The SMILES string of the molecule is Fc1ccccc1COc1c2cnc3c(c2nn1-c1ccc(Cl)cc1)COCC3. The van der Waals surface area contributed by atoms with Gasteiger partial charge in [-0.1, -0.05) is 29.8 Å². The molecule has 4 aromatic rings. The number of hydrogen-bond donors (Lipinski definition) is 0. The summed E-state index contributed by atoms with van der Waals surface area (Å²) in [6.45, 7) is 1.19. The number of rotatable bonds is 4. The van der Waals surface area contributed by atoms with Crippen LogP contribution in [0.25, 0.3) is 16.6 Å². The highest BCUT2D eigenvalue weighted by Gasteiger charge is 2.22. The van der Waals surface area contributed by atoms with Gasteiger partial charge in [-0.15, -0.1) is 0 Å². The molecule has 146 valence electrons. The van der Waals surface area contributed by atoms with Crippen LogP contribution >= 0.6 is 11.6 Å². The lowest BCUT2D eigenvalue weighted by Gasteiger charge is -2.15. The molecule has 1 aliphatic heterocycles. The number of benzene rings is 2. The minimum Gasteiger partial charge on any atom is -0.472 e. The fourth-order valence-corrected chi connectivity index (χ4v) is 3.60. The van der Waals surface area contributed by atoms with Crippen LogP contribution in [0.1, 0.15) is 16.8 Å². The maximum atomic E-state index is 14.1. The van der Waals surface area contributed by atoms with Crippen molar-refractivity contribution in [2.24, 2.45) is 0 Å². The van der Waals surface area contributed by atoms with E-state index in [4.69, 9.17) is 26.2 Å². The van der Waals surface area contributed by atoms with Crippen LogP contribution in [0.15, 0.2) is 54.7 Å². The number of halogens is 2. The molecule has 0 saturated carbocycles. The van der Waals surface area contributed by atoms with Gasteiger partial charge in [-0.2, -0.15) is 9.78 Å². The lowest BCUT2D eigenvalue weighted by Crippen LogP contribution is -2.12. The van der Waals surface area contributed by atoms with Crippen molar-refractivity contribution in [1.82, 2.24) is 14.8 Å². The summed E-state index contributed by atoms with van der Waals surface area (Å²) in [5, 5.41) is 6.19. The monoisotopic (exact) mass is 409 g/mol. The maximum absolute atomic E-state index is 14.1. The second kappa shape index (κ2) is 7.46. The molecule has 29 heavy (non-hydrogen) atoms. The highest BCUT2D eigenvalue weighted by Crippen LogP contribution is 2.33. The third kappa shape index (κ3) is 3.34. The van der Waals surface area contributed by atoms with Crippen LogP contribution in [0, 0.1) is 5.82 Å². The van der Waals surface area contributed by atoms with E-state index in [2.05, 4.69) is 4.98 Å². The molecule has 5 nitrogen and oxygen atoms in total. The molecule has 0 amide bonds. The summed E-state index contributed by atoms with van der Waals surface area (Å²) in [6.07, 6.45) is 2.53. The molecule has 2 aromatic carbocycles. The van der Waals surface area contributed by atoms with Crippen LogP contribution in [0.2, 0.25) is 5.02 Å². The van der Waals surface area contributed by atoms with Crippen LogP contribution in [0.4, 0.5) is 4.39 Å². The molecular formula is C22H17ClFN3O2. The molecule has 5 rings (SSSR count). The Bertz CT molecular complexity index is 1190. The predicted octanol–water partition coefficient (Wildman–Crippen LogP) is 4.86. The number of nitrogens with zero attached hydrogens (tertiary/aromatic N) is 3. The van der Waals surface area contributed by atoms with Gasteiger partial charge in [0.1, 0.15) is 17.9 Å². The fraction of sp³-hybridized carbons (Fsp3) is 0.182. The molecule has 0 atom stereocenters. The Labute approximate surface area is 171 Å². The van der Waals surface area contributed by atoms with Gasteiger partial charge >= 0.3 is 0 Å². The van der Waals surface area contributed by atoms with Gasteiger partial charge in [0, 0.05) is 28.8 Å². The van der Waals surface area contributed by atoms with E-state index in [0.717, 1.165) is 34.3 Å². The van der Waals surface area contributed by atoms with Crippen molar-refractivity contribution < 1.29 is 13.9 Å². The standard InChI is InChI=1S/C22H17ClFN3O2/c23-15-5-7-16(8-6-15)27-22(29-12-14-3-1-2-4-19(14)24)17-11-25-20-9-10-28-13-18(20)21(17)26-27/h1-8,11H,9-10,12-13H2. The number of aromatic nitrogens is 3. The van der Waals surface area contributed by atoms with Crippen LogP contribution in [0.3, 0.4) is 0 Å². The number of fused-ring (bicyclic) bond motifs is 3. The smallest absolute Gasteiger partial charge is 0.226 e. The first kappa shape index (κ1) is 18.1. The van der Waals surface area contributed by atoms with Crippen molar-refractivity contribution in [3.8, 4) is 11.6 Å². The van der Waals surface area contributed by atoms with Crippen LogP contribution < -0.4 is 4.74 Å². The summed E-state index contributed by atoms with van der Waals surface area (Å²) >= 11 is 6.04. The molecule has 1 aliphatic rings. The lowest BCUT2D eigenvalue weighted by atomic mass is 10.1. The lowest BCUT2D eigenvalue weighted by molar-refractivity contribution is 0.110. The number of ether oxygens (including phenoxy) is 2. The van der Waals surface area contributed by atoms with Crippen molar-refractivity contribution in [2.75, 3.05) is 6.61 Å². The van der Waals surface area contributed by atoms with Crippen LogP contribution in [0.5, 0.6) is 5.88 Å². The Kier molecular flexibility index (Phi) is 4.66. The van der Waals surface area contributed by atoms with E-state index in [9.17, 15) is 4.39 Å². The van der Waals surface area contributed by atoms with E-state index in [1.54, 1.807) is 41.2 Å². The molecule has 7 heteroatoms. The molecule has 0 unspecified atom stereocenters. The summed E-state index contributed by atoms with van der Waals surface area (Å²) in [4.78, 5) is 4.59. The molecule has 0 saturated heterocycles. The summed E-state index contributed by atoms with van der Waals surface area (Å²) < 4.78 is 27.5. The van der Waals surface area contributed by atoms with Gasteiger partial charge < -0.3 is 9.47 Å². The molecule has 0 radical (unpaired) electrons. The van der Waals surface area contributed by atoms with Crippen LogP contribution in [-0.4, -0.2) is 21.4 Å². The Hall–Kier alpha value is -2.96. The number of pyridine rings is 1. The third-order valence-electron chi connectivity index (χ3n) is 4.98. The van der Waals surface area contributed by atoms with Crippen molar-refractivity contribution in [3.63, 3.8) is 0 Å². The normalized spacial score (nSPS) is 13.4. The average molecular weight is 410 g/mol. The zero-order valence-corrected chi connectivity index (χ0v) is 16.2. The minimum atomic E-state index is -0.307. The molecular weight excluding hydrogens is 393 g/mol. The van der Waals surface area contributed by atoms with E-state index in [1.165, 1.54) is 6.07 Å². The zero-order chi connectivity index (χ0) is 19.8. The molecule has 0 aliphatic carbocycles. The van der Waals surface area contributed by atoms with Gasteiger partial charge in [-0.05, 0) is 30.3 Å². The predicted molar refractivity (Wildman–Crippen MR) is 108 cm³/mol. The molecule has 0 bridgehead atoms. The highest BCUT2D eigenvalue weighted by molar-refractivity contribution is 6.30. The minimum absolute atomic E-state index is 0.0780. The van der Waals surface area contributed by atoms with Crippen LogP contribution in [-0.2, 0) is 24.4 Å². The van der Waals surface area contributed by atoms with Gasteiger partial charge in [0.05, 0.1) is 30.0 Å². The van der Waals surface area contributed by atoms with E-state index >= 15 is 0 Å². The molecule has 3 heterocycles. The second-order valence-electron chi connectivity index (χ2n) is 6.82. The zero-order valence-electron chi connectivity index (χ0n) is 15.4. The van der Waals surface area contributed by atoms with Gasteiger partial charge in [0.2, 0.25) is 5.88 Å². The first-order valence-electron chi connectivity index (χ1n) is 9.30. The van der Waals surface area contributed by atoms with Gasteiger partial charge in [0.15, 0.2) is 0 Å². The Morgan fingerprint density at radius 2 is 1.97 bits per heavy atom. The van der Waals surface area contributed by atoms with Crippen molar-refractivity contribution in [3.05, 3.63) is 82.4 Å². The topological polar surface area (TPSA) is 49.2 Å². The van der Waals surface area contributed by atoms with E-state index < -0.39 is 0 Å². The van der Waals surface area contributed by atoms with Gasteiger partial charge in [-0.25, -0.2) is 4.39 Å². The fourth-order valence-electron chi connectivity index (χ4n) is 3.48. The third-order valence-corrected chi connectivity index (χ3v) is 5.24. The average Bonchev–Trinajstić information content (AvgIpc) is 3.13. The van der Waals surface area contributed by atoms with Gasteiger partial charge in [0.25, 0.3) is 0 Å². The second-order valence-corrected chi connectivity index (χ2v) is 7.26.